The average molecular weight is 219 g/mol. The van der Waals surface area contributed by atoms with Crippen LogP contribution in [0.4, 0.5) is 11.4 Å². The Labute approximate surface area is 93.0 Å². The molecule has 1 aromatic carbocycles. The van der Waals surface area contributed by atoms with Crippen LogP contribution in [-0.2, 0) is 0 Å². The molecule has 4 N–H and O–H groups in total. The molecule has 0 saturated carbocycles. The zero-order chi connectivity index (χ0) is 11.7. The molecule has 5 heteroatoms. The Morgan fingerprint density at radius 2 is 1.69 bits per heavy atom. The van der Waals surface area contributed by atoms with E-state index in [-0.39, 0.29) is 0 Å². The van der Waals surface area contributed by atoms with Crippen molar-refractivity contribution in [1.29, 1.82) is 0 Å². The van der Waals surface area contributed by atoms with E-state index in [4.69, 9.17) is 20.9 Å². The molecule has 0 fully saturated rings. The van der Waals surface area contributed by atoms with Gasteiger partial charge >= 0.3 is 0 Å². The van der Waals surface area contributed by atoms with E-state index in [1.165, 1.54) is 14.2 Å². The number of methoxy groups -OCH3 is 2. The van der Waals surface area contributed by atoms with Crippen LogP contribution in [0.25, 0.3) is 10.9 Å². The molecule has 84 valence electrons. The van der Waals surface area contributed by atoms with E-state index in [0.29, 0.717) is 28.4 Å². The van der Waals surface area contributed by atoms with Crippen molar-refractivity contribution in [1.82, 2.24) is 4.98 Å². The number of fused-ring (bicyclic) bond motifs is 1. The molecule has 2 aromatic rings. The summed E-state index contributed by atoms with van der Waals surface area (Å²) in [6.45, 7) is 0. The highest BCUT2D eigenvalue weighted by atomic mass is 16.5. The number of benzene rings is 1. The van der Waals surface area contributed by atoms with E-state index in [0.717, 1.165) is 5.39 Å². The topological polar surface area (TPSA) is 83.4 Å². The van der Waals surface area contributed by atoms with Crippen molar-refractivity contribution >= 4 is 22.3 Å². The summed E-state index contributed by atoms with van der Waals surface area (Å²) in [5, 5.41) is 0.762. The molecule has 1 heterocycles. The van der Waals surface area contributed by atoms with Crippen molar-refractivity contribution in [2.45, 2.75) is 0 Å². The summed E-state index contributed by atoms with van der Waals surface area (Å²) in [6, 6.07) is 3.64. The van der Waals surface area contributed by atoms with Crippen LogP contribution in [0, 0.1) is 0 Å². The highest BCUT2D eigenvalue weighted by molar-refractivity contribution is 6.04. The molecule has 5 nitrogen and oxygen atoms in total. The number of hydrogen-bond donors (Lipinski definition) is 2. The molecule has 0 aliphatic carbocycles. The van der Waals surface area contributed by atoms with Crippen LogP contribution < -0.4 is 20.9 Å². The van der Waals surface area contributed by atoms with Crippen LogP contribution in [0.2, 0.25) is 0 Å². The molecule has 0 aliphatic heterocycles. The largest absolute Gasteiger partial charge is 0.491 e. The maximum absolute atomic E-state index is 5.97. The van der Waals surface area contributed by atoms with Gasteiger partial charge in [0, 0.05) is 11.6 Å². The third-order valence-electron chi connectivity index (χ3n) is 2.46. The SMILES string of the molecule is COc1c(OC)c(N)c2ncccc2c1N. The molecule has 0 unspecified atom stereocenters. The van der Waals surface area contributed by atoms with E-state index in [2.05, 4.69) is 4.98 Å². The third-order valence-corrected chi connectivity index (χ3v) is 2.46. The molecule has 0 bridgehead atoms. The van der Waals surface area contributed by atoms with Crippen LogP contribution in [0.15, 0.2) is 18.3 Å². The number of aromatic nitrogens is 1. The lowest BCUT2D eigenvalue weighted by molar-refractivity contribution is 0.359. The lowest BCUT2D eigenvalue weighted by Crippen LogP contribution is -2.02. The van der Waals surface area contributed by atoms with Crippen LogP contribution in [0.1, 0.15) is 0 Å². The summed E-state index contributed by atoms with van der Waals surface area (Å²) in [7, 11) is 3.04. The van der Waals surface area contributed by atoms with Gasteiger partial charge in [0.2, 0.25) is 0 Å². The van der Waals surface area contributed by atoms with Crippen molar-refractivity contribution in [3.8, 4) is 11.5 Å². The van der Waals surface area contributed by atoms with Crippen molar-refractivity contribution in [2.75, 3.05) is 25.7 Å². The molecule has 1 aromatic heterocycles. The van der Waals surface area contributed by atoms with Crippen LogP contribution in [0.5, 0.6) is 11.5 Å². The Kier molecular flexibility index (Phi) is 2.44. The first-order chi connectivity index (χ1) is 7.70. The number of ether oxygens (including phenoxy) is 2. The standard InChI is InChI=1S/C11H13N3O2/c1-15-10-7(12)6-4-3-5-14-9(6)8(13)11(10)16-2/h3-5H,12-13H2,1-2H3. The Morgan fingerprint density at radius 3 is 2.31 bits per heavy atom. The smallest absolute Gasteiger partial charge is 0.188 e. The summed E-state index contributed by atoms with van der Waals surface area (Å²) in [4.78, 5) is 4.19. The lowest BCUT2D eigenvalue weighted by atomic mass is 10.1. The summed E-state index contributed by atoms with van der Waals surface area (Å²) in [5.74, 6) is 0.867. The fourth-order valence-electron chi connectivity index (χ4n) is 1.72. The fourth-order valence-corrected chi connectivity index (χ4v) is 1.72. The summed E-state index contributed by atoms with van der Waals surface area (Å²) < 4.78 is 10.4. The first-order valence-electron chi connectivity index (χ1n) is 4.74. The number of nitrogen functional groups attached to an aromatic ring is 2. The fraction of sp³-hybridized carbons (Fsp3) is 0.182. The number of rotatable bonds is 2. The summed E-state index contributed by atoms with van der Waals surface area (Å²) in [5.41, 5.74) is 13.5. The summed E-state index contributed by atoms with van der Waals surface area (Å²) in [6.07, 6.45) is 1.66. The quantitative estimate of drug-likeness (QED) is 0.746. The normalized spacial score (nSPS) is 10.4. The van der Waals surface area contributed by atoms with Gasteiger partial charge in [-0.3, -0.25) is 4.98 Å². The van der Waals surface area contributed by atoms with Gasteiger partial charge in [-0.2, -0.15) is 0 Å². The zero-order valence-corrected chi connectivity index (χ0v) is 9.15. The van der Waals surface area contributed by atoms with Gasteiger partial charge in [-0.1, -0.05) is 0 Å². The number of hydrogen-bond acceptors (Lipinski definition) is 5. The predicted octanol–water partition coefficient (Wildman–Crippen LogP) is 1.42. The second kappa shape index (κ2) is 3.77. The van der Waals surface area contributed by atoms with Gasteiger partial charge in [0.15, 0.2) is 11.5 Å². The van der Waals surface area contributed by atoms with Gasteiger partial charge in [-0.15, -0.1) is 0 Å². The Morgan fingerprint density at radius 1 is 1.06 bits per heavy atom. The monoisotopic (exact) mass is 219 g/mol. The molecular formula is C11H13N3O2. The molecule has 0 atom stereocenters. The van der Waals surface area contributed by atoms with Gasteiger partial charge in [-0.25, -0.2) is 0 Å². The molecule has 0 aliphatic rings. The Balaban J connectivity index is 2.93. The molecular weight excluding hydrogens is 206 g/mol. The first kappa shape index (κ1) is 10.4. The van der Waals surface area contributed by atoms with Gasteiger partial charge < -0.3 is 20.9 Å². The van der Waals surface area contributed by atoms with Gasteiger partial charge in [0.25, 0.3) is 0 Å². The number of pyridine rings is 1. The van der Waals surface area contributed by atoms with Crippen molar-refractivity contribution in [3.63, 3.8) is 0 Å². The van der Waals surface area contributed by atoms with E-state index in [1.807, 2.05) is 6.07 Å². The molecule has 16 heavy (non-hydrogen) atoms. The lowest BCUT2D eigenvalue weighted by Gasteiger charge is -2.15. The summed E-state index contributed by atoms with van der Waals surface area (Å²) >= 11 is 0. The van der Waals surface area contributed by atoms with Gasteiger partial charge in [-0.05, 0) is 12.1 Å². The maximum Gasteiger partial charge on any atom is 0.188 e. The van der Waals surface area contributed by atoms with Crippen LogP contribution >= 0.6 is 0 Å². The number of nitrogens with zero attached hydrogens (tertiary/aromatic N) is 1. The molecule has 0 amide bonds. The second-order valence-electron chi connectivity index (χ2n) is 3.29. The van der Waals surface area contributed by atoms with E-state index in [1.54, 1.807) is 12.3 Å². The van der Waals surface area contributed by atoms with Crippen molar-refractivity contribution in [3.05, 3.63) is 18.3 Å². The number of nitrogens with two attached hydrogens (primary N) is 2. The highest BCUT2D eigenvalue weighted by Crippen LogP contribution is 2.44. The number of anilines is 2. The predicted molar refractivity (Wildman–Crippen MR) is 63.7 cm³/mol. The van der Waals surface area contributed by atoms with E-state index in [9.17, 15) is 0 Å². The Hall–Kier alpha value is -2.17. The van der Waals surface area contributed by atoms with E-state index >= 15 is 0 Å². The molecule has 0 radical (unpaired) electrons. The minimum absolute atomic E-state index is 0.422. The minimum Gasteiger partial charge on any atom is -0.491 e. The zero-order valence-electron chi connectivity index (χ0n) is 9.15. The first-order valence-corrected chi connectivity index (χ1v) is 4.74. The average Bonchev–Trinajstić information content (AvgIpc) is 2.33. The van der Waals surface area contributed by atoms with Gasteiger partial charge in [0.1, 0.15) is 5.69 Å². The van der Waals surface area contributed by atoms with Crippen LogP contribution in [0.3, 0.4) is 0 Å². The molecule has 0 spiro atoms. The molecule has 0 saturated heterocycles. The van der Waals surface area contributed by atoms with Crippen molar-refractivity contribution in [2.24, 2.45) is 0 Å². The third kappa shape index (κ3) is 1.29. The van der Waals surface area contributed by atoms with E-state index < -0.39 is 0 Å². The maximum atomic E-state index is 5.97. The second-order valence-corrected chi connectivity index (χ2v) is 3.29. The van der Waals surface area contributed by atoms with Crippen molar-refractivity contribution < 1.29 is 9.47 Å². The highest BCUT2D eigenvalue weighted by Gasteiger charge is 2.17. The Bertz CT molecular complexity index is 492. The van der Waals surface area contributed by atoms with Crippen LogP contribution in [-0.4, -0.2) is 19.2 Å². The molecule has 2 rings (SSSR count). The van der Waals surface area contributed by atoms with Gasteiger partial charge in [0.05, 0.1) is 25.4 Å². The minimum atomic E-state index is 0.422.